The van der Waals surface area contributed by atoms with E-state index in [1.807, 2.05) is 13.0 Å². The van der Waals surface area contributed by atoms with E-state index >= 15 is 0 Å². The van der Waals surface area contributed by atoms with Crippen molar-refractivity contribution >= 4 is 23.0 Å². The Kier molecular flexibility index (Phi) is 2.16. The van der Waals surface area contributed by atoms with Gasteiger partial charge in [0.15, 0.2) is 11.5 Å². The highest BCUT2D eigenvalue weighted by atomic mass is 16.2. The fourth-order valence-electron chi connectivity index (χ4n) is 1.81. The van der Waals surface area contributed by atoms with Crippen molar-refractivity contribution in [3.8, 4) is 0 Å². The largest absolute Gasteiger partial charge is 0.345 e. The number of aryl methyl sites for hydroxylation is 1. The van der Waals surface area contributed by atoms with Crippen LogP contribution in [0.1, 0.15) is 5.69 Å². The number of hydrogen-bond donors (Lipinski definition) is 2. The minimum absolute atomic E-state index is 0.283. The second-order valence-corrected chi connectivity index (χ2v) is 3.99. The predicted molar refractivity (Wildman–Crippen MR) is 67.9 cm³/mol. The molecule has 6 nitrogen and oxygen atoms in total. The van der Waals surface area contributed by atoms with Crippen LogP contribution in [0.5, 0.6) is 0 Å². The van der Waals surface area contributed by atoms with Gasteiger partial charge in [-0.1, -0.05) is 6.58 Å². The molecule has 0 bridgehead atoms. The molecule has 90 valence electrons. The van der Waals surface area contributed by atoms with Gasteiger partial charge < -0.3 is 10.3 Å². The van der Waals surface area contributed by atoms with Crippen LogP contribution in [-0.4, -0.2) is 21.0 Å². The molecule has 2 N–H and O–H groups in total. The standard InChI is InChI=1S/C12H11N5O/c1-7-4-6-17(12(18)14-7)11-8(2)15-10-9(16-11)3-5-13-10/h3-6H,1H2,2H3,(H,13,15)(H,14,18). The highest BCUT2D eigenvalue weighted by Crippen LogP contribution is 2.21. The Morgan fingerprint density at radius 2 is 2.22 bits per heavy atom. The summed E-state index contributed by atoms with van der Waals surface area (Å²) in [5.74, 6) is 0.517. The summed E-state index contributed by atoms with van der Waals surface area (Å²) in [5, 5.41) is 2.63. The number of H-pyrrole nitrogens is 1. The number of allylic oxidation sites excluding steroid dienone is 1. The Balaban J connectivity index is 2.13. The molecule has 18 heavy (non-hydrogen) atoms. The number of nitrogens with one attached hydrogen (secondary N) is 2. The molecule has 3 rings (SSSR count). The molecule has 6 heteroatoms. The van der Waals surface area contributed by atoms with Gasteiger partial charge >= 0.3 is 6.03 Å². The van der Waals surface area contributed by atoms with Gasteiger partial charge in [-0.3, -0.25) is 4.90 Å². The van der Waals surface area contributed by atoms with Crippen molar-refractivity contribution in [2.24, 2.45) is 0 Å². The van der Waals surface area contributed by atoms with E-state index in [0.717, 1.165) is 5.52 Å². The quantitative estimate of drug-likeness (QED) is 0.799. The predicted octanol–water partition coefficient (Wildman–Crippen LogP) is 1.82. The number of carbonyl (C=O) groups excluding carboxylic acids is 1. The van der Waals surface area contributed by atoms with E-state index in [2.05, 4.69) is 26.8 Å². The molecule has 0 aliphatic carbocycles. The van der Waals surface area contributed by atoms with Gasteiger partial charge in [0, 0.05) is 18.1 Å². The average molecular weight is 241 g/mol. The number of amides is 2. The third-order valence-electron chi connectivity index (χ3n) is 2.67. The number of aromatic nitrogens is 3. The first-order valence-corrected chi connectivity index (χ1v) is 5.44. The second-order valence-electron chi connectivity index (χ2n) is 3.99. The zero-order valence-electron chi connectivity index (χ0n) is 9.77. The molecular weight excluding hydrogens is 230 g/mol. The minimum Gasteiger partial charge on any atom is -0.345 e. The van der Waals surface area contributed by atoms with Gasteiger partial charge in [0.1, 0.15) is 5.52 Å². The van der Waals surface area contributed by atoms with Crippen LogP contribution < -0.4 is 10.2 Å². The molecule has 0 spiro atoms. The number of carbonyl (C=O) groups is 1. The summed E-state index contributed by atoms with van der Waals surface area (Å²) in [6.45, 7) is 5.48. The highest BCUT2D eigenvalue weighted by Gasteiger charge is 2.21. The first-order chi connectivity index (χ1) is 8.65. The van der Waals surface area contributed by atoms with E-state index in [-0.39, 0.29) is 6.03 Å². The molecule has 0 atom stereocenters. The molecule has 0 aromatic carbocycles. The lowest BCUT2D eigenvalue weighted by Gasteiger charge is -2.23. The highest BCUT2D eigenvalue weighted by molar-refractivity contribution is 5.96. The molecule has 0 fully saturated rings. The van der Waals surface area contributed by atoms with Crippen LogP contribution in [0.3, 0.4) is 0 Å². The Morgan fingerprint density at radius 3 is 3.00 bits per heavy atom. The summed E-state index contributed by atoms with van der Waals surface area (Å²) in [6, 6.07) is 1.53. The summed E-state index contributed by atoms with van der Waals surface area (Å²) in [6.07, 6.45) is 5.11. The lowest BCUT2D eigenvalue weighted by Crippen LogP contribution is -2.39. The number of urea groups is 1. The van der Waals surface area contributed by atoms with E-state index in [9.17, 15) is 4.79 Å². The Morgan fingerprint density at radius 1 is 1.39 bits per heavy atom. The fraction of sp³-hybridized carbons (Fsp3) is 0.0833. The van der Waals surface area contributed by atoms with Crippen molar-refractivity contribution < 1.29 is 4.79 Å². The summed E-state index contributed by atoms with van der Waals surface area (Å²) in [7, 11) is 0. The Labute approximate surface area is 103 Å². The number of nitrogens with zero attached hydrogens (tertiary/aromatic N) is 3. The summed E-state index contributed by atoms with van der Waals surface area (Å²) in [5.41, 5.74) is 2.67. The normalized spacial score (nSPS) is 15.3. The maximum Gasteiger partial charge on any atom is 0.331 e. The molecule has 0 saturated carbocycles. The van der Waals surface area contributed by atoms with Crippen LogP contribution in [-0.2, 0) is 0 Å². The number of fused-ring (bicyclic) bond motifs is 1. The van der Waals surface area contributed by atoms with Crippen LogP contribution in [0, 0.1) is 6.92 Å². The van der Waals surface area contributed by atoms with Crippen LogP contribution in [0.2, 0.25) is 0 Å². The molecule has 0 saturated heterocycles. The zero-order valence-corrected chi connectivity index (χ0v) is 9.77. The third kappa shape index (κ3) is 1.55. The molecule has 0 radical (unpaired) electrons. The molecule has 1 aliphatic rings. The van der Waals surface area contributed by atoms with Crippen LogP contribution in [0.25, 0.3) is 11.2 Å². The van der Waals surface area contributed by atoms with E-state index in [0.29, 0.717) is 22.9 Å². The summed E-state index contributed by atoms with van der Waals surface area (Å²) >= 11 is 0. The molecule has 2 aromatic heterocycles. The Bertz CT molecular complexity index is 685. The molecule has 3 heterocycles. The smallest absolute Gasteiger partial charge is 0.331 e. The lowest BCUT2D eigenvalue weighted by molar-refractivity contribution is 0.250. The fourth-order valence-corrected chi connectivity index (χ4v) is 1.81. The van der Waals surface area contributed by atoms with Gasteiger partial charge in [-0.15, -0.1) is 0 Å². The van der Waals surface area contributed by atoms with Gasteiger partial charge in [-0.05, 0) is 19.1 Å². The first-order valence-electron chi connectivity index (χ1n) is 5.44. The van der Waals surface area contributed by atoms with E-state index in [1.54, 1.807) is 18.5 Å². The molecule has 1 aliphatic heterocycles. The third-order valence-corrected chi connectivity index (χ3v) is 2.67. The summed E-state index contributed by atoms with van der Waals surface area (Å²) < 4.78 is 0. The molecule has 0 unspecified atom stereocenters. The summed E-state index contributed by atoms with van der Waals surface area (Å²) in [4.78, 5) is 25.1. The van der Waals surface area contributed by atoms with Crippen LogP contribution >= 0.6 is 0 Å². The minimum atomic E-state index is -0.283. The van der Waals surface area contributed by atoms with Crippen molar-refractivity contribution in [2.75, 3.05) is 4.90 Å². The van der Waals surface area contributed by atoms with Crippen LogP contribution in [0.4, 0.5) is 10.6 Å². The topological polar surface area (TPSA) is 73.9 Å². The average Bonchev–Trinajstić information content (AvgIpc) is 2.75. The van der Waals surface area contributed by atoms with Crippen molar-refractivity contribution in [1.29, 1.82) is 0 Å². The Hall–Kier alpha value is -2.63. The number of anilines is 1. The van der Waals surface area contributed by atoms with E-state index in [4.69, 9.17) is 0 Å². The van der Waals surface area contributed by atoms with E-state index in [1.165, 1.54) is 4.90 Å². The zero-order chi connectivity index (χ0) is 12.7. The maximum absolute atomic E-state index is 11.9. The molecule has 2 aromatic rings. The van der Waals surface area contributed by atoms with Gasteiger partial charge in [0.2, 0.25) is 0 Å². The number of aromatic amines is 1. The SMILES string of the molecule is C=C1C=CN(c2nc3cc[nH]c3nc2C)C(=O)N1. The van der Waals surface area contributed by atoms with Crippen LogP contribution in [0.15, 0.2) is 36.8 Å². The van der Waals surface area contributed by atoms with Crippen molar-refractivity contribution in [3.63, 3.8) is 0 Å². The van der Waals surface area contributed by atoms with E-state index < -0.39 is 0 Å². The maximum atomic E-state index is 11.9. The molecular formula is C12H11N5O. The number of hydrogen-bond acceptors (Lipinski definition) is 3. The van der Waals surface area contributed by atoms with Crippen molar-refractivity contribution in [3.05, 3.63) is 42.5 Å². The van der Waals surface area contributed by atoms with Gasteiger partial charge in [-0.25, -0.2) is 14.8 Å². The van der Waals surface area contributed by atoms with Gasteiger partial charge in [0.25, 0.3) is 0 Å². The monoisotopic (exact) mass is 241 g/mol. The molecule has 2 amide bonds. The van der Waals surface area contributed by atoms with Crippen molar-refractivity contribution in [2.45, 2.75) is 6.92 Å². The first kappa shape index (κ1) is 10.5. The number of rotatable bonds is 1. The van der Waals surface area contributed by atoms with Crippen molar-refractivity contribution in [1.82, 2.24) is 20.3 Å². The lowest BCUT2D eigenvalue weighted by atomic mass is 10.3. The van der Waals surface area contributed by atoms with Gasteiger partial charge in [-0.2, -0.15) is 0 Å². The van der Waals surface area contributed by atoms with Gasteiger partial charge in [0.05, 0.1) is 5.69 Å². The second kappa shape index (κ2) is 3.69.